The zero-order valence-corrected chi connectivity index (χ0v) is 13.9. The number of amides is 1. The highest BCUT2D eigenvalue weighted by atomic mass is 16.1. The second-order valence-electron chi connectivity index (χ2n) is 5.73. The first-order chi connectivity index (χ1) is 12.8. The number of rotatable bonds is 5. The molecule has 0 spiro atoms. The third-order valence-electron chi connectivity index (χ3n) is 4.01. The lowest BCUT2D eigenvalue weighted by Crippen LogP contribution is -2.27. The molecule has 2 N–H and O–H groups in total. The van der Waals surface area contributed by atoms with Gasteiger partial charge in [0.1, 0.15) is 11.5 Å². The summed E-state index contributed by atoms with van der Waals surface area (Å²) in [7, 11) is 0. The van der Waals surface area contributed by atoms with Crippen molar-refractivity contribution in [2.24, 2.45) is 0 Å². The molecule has 7 nitrogen and oxygen atoms in total. The molecule has 3 aromatic heterocycles. The van der Waals surface area contributed by atoms with Gasteiger partial charge in [-0.15, -0.1) is 0 Å². The fourth-order valence-electron chi connectivity index (χ4n) is 2.72. The molecule has 0 aliphatic heterocycles. The monoisotopic (exact) mass is 344 g/mol. The summed E-state index contributed by atoms with van der Waals surface area (Å²) in [6.45, 7) is 0.439. The number of nitrogens with one attached hydrogen (secondary N) is 2. The van der Waals surface area contributed by atoms with Gasteiger partial charge in [0.15, 0.2) is 5.82 Å². The van der Waals surface area contributed by atoms with E-state index < -0.39 is 0 Å². The second kappa shape index (κ2) is 7.10. The van der Waals surface area contributed by atoms with Crippen LogP contribution in [0.25, 0.3) is 22.2 Å². The molecule has 26 heavy (non-hydrogen) atoms. The van der Waals surface area contributed by atoms with Crippen LogP contribution in [-0.4, -0.2) is 37.6 Å². The van der Waals surface area contributed by atoms with Crippen molar-refractivity contribution in [3.63, 3.8) is 0 Å². The standard InChI is InChI=1S/C19H16N6O/c26-19(17-15-4-2-1-3-13(15)7-11-21-17)22-12-8-16-23-18(25-24-16)14-5-9-20-10-6-14/h1-7,9-11H,8,12H2,(H,22,26)(H,23,24,25). The molecule has 4 rings (SSSR count). The molecule has 0 saturated heterocycles. The maximum Gasteiger partial charge on any atom is 0.270 e. The lowest BCUT2D eigenvalue weighted by atomic mass is 10.1. The Bertz CT molecular complexity index is 1040. The Morgan fingerprint density at radius 1 is 1.04 bits per heavy atom. The van der Waals surface area contributed by atoms with Crippen molar-refractivity contribution in [3.8, 4) is 11.4 Å². The van der Waals surface area contributed by atoms with Gasteiger partial charge in [-0.25, -0.2) is 4.98 Å². The van der Waals surface area contributed by atoms with Crippen LogP contribution in [-0.2, 0) is 6.42 Å². The van der Waals surface area contributed by atoms with E-state index in [1.54, 1.807) is 18.6 Å². The van der Waals surface area contributed by atoms with Gasteiger partial charge in [0, 0.05) is 42.5 Å². The minimum atomic E-state index is -0.198. The first-order valence-electron chi connectivity index (χ1n) is 8.25. The SMILES string of the molecule is O=C(NCCc1nc(-c2ccncc2)n[nH]1)c1nccc2ccccc12. The van der Waals surface area contributed by atoms with E-state index >= 15 is 0 Å². The van der Waals surface area contributed by atoms with Gasteiger partial charge in [-0.2, -0.15) is 5.10 Å². The fraction of sp³-hybridized carbons (Fsp3) is 0.105. The summed E-state index contributed by atoms with van der Waals surface area (Å²) in [6.07, 6.45) is 5.59. The average molecular weight is 344 g/mol. The first-order valence-corrected chi connectivity index (χ1v) is 8.25. The molecule has 0 fully saturated rings. The summed E-state index contributed by atoms with van der Waals surface area (Å²) in [4.78, 5) is 25.1. The van der Waals surface area contributed by atoms with E-state index in [1.807, 2.05) is 42.5 Å². The van der Waals surface area contributed by atoms with E-state index in [0.717, 1.165) is 16.3 Å². The largest absolute Gasteiger partial charge is 0.350 e. The number of aromatic amines is 1. The maximum absolute atomic E-state index is 12.4. The van der Waals surface area contributed by atoms with Crippen molar-refractivity contribution in [1.82, 2.24) is 30.5 Å². The number of carbonyl (C=O) groups is 1. The zero-order chi connectivity index (χ0) is 17.8. The number of aromatic nitrogens is 5. The molecule has 1 aromatic carbocycles. The lowest BCUT2D eigenvalue weighted by molar-refractivity contribution is 0.0951. The fourth-order valence-corrected chi connectivity index (χ4v) is 2.72. The van der Waals surface area contributed by atoms with Crippen molar-refractivity contribution < 1.29 is 4.79 Å². The zero-order valence-electron chi connectivity index (χ0n) is 13.9. The smallest absolute Gasteiger partial charge is 0.270 e. The maximum atomic E-state index is 12.4. The molecule has 0 aliphatic carbocycles. The van der Waals surface area contributed by atoms with Gasteiger partial charge in [-0.1, -0.05) is 24.3 Å². The molecule has 0 radical (unpaired) electrons. The number of pyridine rings is 2. The molecule has 0 atom stereocenters. The third kappa shape index (κ3) is 3.27. The minimum absolute atomic E-state index is 0.198. The van der Waals surface area contributed by atoms with Crippen LogP contribution >= 0.6 is 0 Å². The molecule has 0 bridgehead atoms. The topological polar surface area (TPSA) is 96.5 Å². The Labute approximate surface area is 149 Å². The molecule has 128 valence electrons. The highest BCUT2D eigenvalue weighted by Gasteiger charge is 2.11. The molecule has 1 amide bonds. The predicted molar refractivity (Wildman–Crippen MR) is 97.4 cm³/mol. The van der Waals surface area contributed by atoms with E-state index in [2.05, 4.69) is 30.5 Å². The number of benzene rings is 1. The van der Waals surface area contributed by atoms with E-state index in [1.165, 1.54) is 0 Å². The molecule has 0 saturated carbocycles. The number of nitrogens with zero attached hydrogens (tertiary/aromatic N) is 4. The quantitative estimate of drug-likeness (QED) is 0.579. The van der Waals surface area contributed by atoms with Crippen LogP contribution in [0.5, 0.6) is 0 Å². The number of hydrogen-bond acceptors (Lipinski definition) is 5. The Balaban J connectivity index is 1.40. The minimum Gasteiger partial charge on any atom is -0.350 e. The highest BCUT2D eigenvalue weighted by Crippen LogP contribution is 2.16. The van der Waals surface area contributed by atoms with Gasteiger partial charge in [0.2, 0.25) is 0 Å². The molecule has 4 aromatic rings. The van der Waals surface area contributed by atoms with Crippen molar-refractivity contribution >= 4 is 16.7 Å². The number of hydrogen-bond donors (Lipinski definition) is 2. The van der Waals surface area contributed by atoms with Gasteiger partial charge in [-0.3, -0.25) is 19.9 Å². The molecule has 3 heterocycles. The van der Waals surface area contributed by atoms with Gasteiger partial charge >= 0.3 is 0 Å². The van der Waals surface area contributed by atoms with Crippen molar-refractivity contribution in [3.05, 3.63) is 72.6 Å². The normalized spacial score (nSPS) is 10.8. The summed E-state index contributed by atoms with van der Waals surface area (Å²) in [5, 5.41) is 11.8. The summed E-state index contributed by atoms with van der Waals surface area (Å²) in [5.74, 6) is 1.13. The van der Waals surface area contributed by atoms with Gasteiger partial charge in [-0.05, 0) is 23.6 Å². The summed E-state index contributed by atoms with van der Waals surface area (Å²) >= 11 is 0. The molecule has 0 aliphatic rings. The van der Waals surface area contributed by atoms with E-state index in [0.29, 0.717) is 30.3 Å². The highest BCUT2D eigenvalue weighted by molar-refractivity contribution is 6.05. The number of H-pyrrole nitrogens is 1. The number of fused-ring (bicyclic) bond motifs is 1. The average Bonchev–Trinajstić information content (AvgIpc) is 3.17. The van der Waals surface area contributed by atoms with Crippen LogP contribution in [0, 0.1) is 0 Å². The van der Waals surface area contributed by atoms with Crippen LogP contribution in [0.15, 0.2) is 61.1 Å². The van der Waals surface area contributed by atoms with Crippen LogP contribution < -0.4 is 5.32 Å². The summed E-state index contributed by atoms with van der Waals surface area (Å²) in [5.41, 5.74) is 1.32. The second-order valence-corrected chi connectivity index (χ2v) is 5.73. The molecular weight excluding hydrogens is 328 g/mol. The Morgan fingerprint density at radius 2 is 1.88 bits per heavy atom. The third-order valence-corrected chi connectivity index (χ3v) is 4.01. The summed E-state index contributed by atoms with van der Waals surface area (Å²) < 4.78 is 0. The lowest BCUT2D eigenvalue weighted by Gasteiger charge is -2.06. The Kier molecular flexibility index (Phi) is 4.34. The van der Waals surface area contributed by atoms with E-state index in [4.69, 9.17) is 0 Å². The van der Waals surface area contributed by atoms with Crippen LogP contribution in [0.3, 0.4) is 0 Å². The van der Waals surface area contributed by atoms with Crippen molar-refractivity contribution in [2.45, 2.75) is 6.42 Å². The number of carbonyl (C=O) groups excluding carboxylic acids is 1. The predicted octanol–water partition coefficient (Wildman–Crippen LogP) is 2.39. The Morgan fingerprint density at radius 3 is 2.77 bits per heavy atom. The summed E-state index contributed by atoms with van der Waals surface area (Å²) in [6, 6.07) is 13.3. The molecule has 7 heteroatoms. The van der Waals surface area contributed by atoms with Crippen molar-refractivity contribution in [2.75, 3.05) is 6.54 Å². The molecular formula is C19H16N6O. The van der Waals surface area contributed by atoms with E-state index in [-0.39, 0.29) is 5.91 Å². The van der Waals surface area contributed by atoms with E-state index in [9.17, 15) is 4.79 Å². The van der Waals surface area contributed by atoms with Gasteiger partial charge < -0.3 is 5.32 Å². The van der Waals surface area contributed by atoms with Crippen LogP contribution in [0.1, 0.15) is 16.3 Å². The first kappa shape index (κ1) is 15.9. The van der Waals surface area contributed by atoms with Crippen LogP contribution in [0.2, 0.25) is 0 Å². The van der Waals surface area contributed by atoms with Gasteiger partial charge in [0.25, 0.3) is 5.91 Å². The molecule has 0 unspecified atom stereocenters. The Hall–Kier alpha value is -3.61. The van der Waals surface area contributed by atoms with Crippen molar-refractivity contribution in [1.29, 1.82) is 0 Å². The van der Waals surface area contributed by atoms with Gasteiger partial charge in [0.05, 0.1) is 0 Å². The van der Waals surface area contributed by atoms with Crippen LogP contribution in [0.4, 0.5) is 0 Å².